The van der Waals surface area contributed by atoms with Gasteiger partial charge >= 0.3 is 5.97 Å². The van der Waals surface area contributed by atoms with Gasteiger partial charge in [0.1, 0.15) is 10.5 Å². The van der Waals surface area contributed by atoms with Crippen LogP contribution in [-0.2, 0) is 26.6 Å². The number of nitrogens with one attached hydrogen (secondary N) is 1. The SMILES string of the molecule is CCOC(=O)c1c(S(=O)(=O)N2CCC(C(=O)NC3CCCCCC3)CC2)c(C)n(C)c1C. The summed E-state index contributed by atoms with van der Waals surface area (Å²) in [5.41, 5.74) is 1.19. The molecule has 1 N–H and O–H groups in total. The average Bonchev–Trinajstić information content (AvgIpc) is 2.94. The second-order valence-electron chi connectivity index (χ2n) is 9.03. The molecule has 0 atom stereocenters. The van der Waals surface area contributed by atoms with E-state index < -0.39 is 16.0 Å². The molecular weight excluding hydrogens is 430 g/mol. The number of hydrogen-bond donors (Lipinski definition) is 1. The number of aromatic nitrogens is 1. The normalized spacial score (nSPS) is 19.5. The monoisotopic (exact) mass is 467 g/mol. The van der Waals surface area contributed by atoms with Crippen molar-refractivity contribution >= 4 is 21.9 Å². The molecule has 9 heteroatoms. The molecule has 1 aromatic rings. The van der Waals surface area contributed by atoms with Gasteiger partial charge in [0.25, 0.3) is 0 Å². The molecule has 2 fully saturated rings. The summed E-state index contributed by atoms with van der Waals surface area (Å²) in [5, 5.41) is 3.20. The van der Waals surface area contributed by atoms with Crippen LogP contribution in [0, 0.1) is 19.8 Å². The van der Waals surface area contributed by atoms with Crippen LogP contribution in [0.1, 0.15) is 80.0 Å². The van der Waals surface area contributed by atoms with Gasteiger partial charge in [0.05, 0.1) is 6.61 Å². The maximum Gasteiger partial charge on any atom is 0.341 e. The second kappa shape index (κ2) is 10.4. The van der Waals surface area contributed by atoms with Crippen LogP contribution < -0.4 is 5.32 Å². The van der Waals surface area contributed by atoms with Crippen molar-refractivity contribution in [3.05, 3.63) is 17.0 Å². The molecule has 3 rings (SSSR count). The number of esters is 1. The van der Waals surface area contributed by atoms with Gasteiger partial charge < -0.3 is 14.6 Å². The minimum Gasteiger partial charge on any atom is -0.462 e. The molecular formula is C23H37N3O5S. The van der Waals surface area contributed by atoms with Crippen molar-refractivity contribution in [1.82, 2.24) is 14.2 Å². The number of carbonyl (C=O) groups is 2. The lowest BCUT2D eigenvalue weighted by Crippen LogP contribution is -2.45. The molecule has 0 spiro atoms. The zero-order valence-electron chi connectivity index (χ0n) is 19.8. The zero-order valence-corrected chi connectivity index (χ0v) is 20.6. The van der Waals surface area contributed by atoms with E-state index in [-0.39, 0.29) is 48.0 Å². The highest BCUT2D eigenvalue weighted by Gasteiger charge is 2.38. The topological polar surface area (TPSA) is 97.7 Å². The first-order valence-corrected chi connectivity index (χ1v) is 13.3. The Labute approximate surface area is 191 Å². The Balaban J connectivity index is 1.72. The Morgan fingerprint density at radius 3 is 2.16 bits per heavy atom. The van der Waals surface area contributed by atoms with E-state index in [9.17, 15) is 18.0 Å². The minimum atomic E-state index is -3.89. The molecule has 1 saturated heterocycles. The lowest BCUT2D eigenvalue weighted by Gasteiger charge is -2.31. The molecule has 1 saturated carbocycles. The Kier molecular flexibility index (Phi) is 8.03. The van der Waals surface area contributed by atoms with Crippen LogP contribution in [0.4, 0.5) is 0 Å². The van der Waals surface area contributed by atoms with Crippen molar-refractivity contribution in [3.63, 3.8) is 0 Å². The van der Waals surface area contributed by atoms with Crippen LogP contribution in [-0.4, -0.2) is 54.9 Å². The molecule has 1 aromatic heterocycles. The third-order valence-corrected chi connectivity index (χ3v) is 9.09. The third-order valence-electron chi connectivity index (χ3n) is 7.03. The summed E-state index contributed by atoms with van der Waals surface area (Å²) in [5.74, 6) is -0.745. The quantitative estimate of drug-likeness (QED) is 0.512. The summed E-state index contributed by atoms with van der Waals surface area (Å²) < 4.78 is 35.3. The van der Waals surface area contributed by atoms with E-state index >= 15 is 0 Å². The van der Waals surface area contributed by atoms with Crippen molar-refractivity contribution in [1.29, 1.82) is 0 Å². The number of nitrogens with zero attached hydrogens (tertiary/aromatic N) is 2. The molecule has 1 amide bonds. The van der Waals surface area contributed by atoms with E-state index in [0.29, 0.717) is 24.2 Å². The van der Waals surface area contributed by atoms with Gasteiger partial charge in [-0.3, -0.25) is 4.79 Å². The van der Waals surface area contributed by atoms with Crippen molar-refractivity contribution < 1.29 is 22.7 Å². The number of rotatable bonds is 6. The summed E-state index contributed by atoms with van der Waals surface area (Å²) in [6, 6.07) is 0.244. The smallest absolute Gasteiger partial charge is 0.341 e. The van der Waals surface area contributed by atoms with Crippen LogP contribution in [0.15, 0.2) is 4.90 Å². The molecule has 0 aromatic carbocycles. The Morgan fingerprint density at radius 2 is 1.59 bits per heavy atom. The van der Waals surface area contributed by atoms with Crippen LogP contribution in [0.5, 0.6) is 0 Å². The lowest BCUT2D eigenvalue weighted by atomic mass is 9.96. The highest BCUT2D eigenvalue weighted by molar-refractivity contribution is 7.89. The standard InChI is InChI=1S/C23H37N3O5S/c1-5-31-23(28)20-16(2)25(4)17(3)21(20)32(29,30)26-14-12-18(13-15-26)22(27)24-19-10-8-6-7-9-11-19/h18-19H,5-15H2,1-4H3,(H,24,27). The van der Waals surface area contributed by atoms with E-state index in [1.165, 1.54) is 17.1 Å². The zero-order chi connectivity index (χ0) is 23.5. The van der Waals surface area contributed by atoms with Gasteiger partial charge in [0, 0.05) is 43.5 Å². The molecule has 0 unspecified atom stereocenters. The molecule has 8 nitrogen and oxygen atoms in total. The fourth-order valence-corrected chi connectivity index (χ4v) is 6.86. The van der Waals surface area contributed by atoms with Crippen molar-refractivity contribution in [2.75, 3.05) is 19.7 Å². The maximum absolute atomic E-state index is 13.5. The molecule has 0 bridgehead atoms. The van der Waals surface area contributed by atoms with Crippen LogP contribution in [0.25, 0.3) is 0 Å². The van der Waals surface area contributed by atoms with E-state index in [1.807, 2.05) is 0 Å². The number of piperidine rings is 1. The van der Waals surface area contributed by atoms with Gasteiger partial charge in [0.15, 0.2) is 0 Å². The van der Waals surface area contributed by atoms with E-state index in [4.69, 9.17) is 4.74 Å². The van der Waals surface area contributed by atoms with Gasteiger partial charge in [-0.2, -0.15) is 4.31 Å². The second-order valence-corrected chi connectivity index (χ2v) is 10.9. The average molecular weight is 468 g/mol. The molecule has 2 aliphatic rings. The van der Waals surface area contributed by atoms with E-state index in [2.05, 4.69) is 5.32 Å². The first kappa shape index (κ1) is 24.8. The number of sulfonamides is 1. The summed E-state index contributed by atoms with van der Waals surface area (Å²) in [7, 11) is -2.14. The van der Waals surface area contributed by atoms with Crippen LogP contribution in [0.3, 0.4) is 0 Å². The van der Waals surface area contributed by atoms with E-state index in [1.54, 1.807) is 32.4 Å². The summed E-state index contributed by atoms with van der Waals surface area (Å²) in [6.45, 7) is 5.83. The highest BCUT2D eigenvalue weighted by Crippen LogP contribution is 2.32. The summed E-state index contributed by atoms with van der Waals surface area (Å²) in [4.78, 5) is 25.4. The summed E-state index contributed by atoms with van der Waals surface area (Å²) >= 11 is 0. The van der Waals surface area contributed by atoms with E-state index in [0.717, 1.165) is 25.7 Å². The molecule has 0 radical (unpaired) electrons. The molecule has 32 heavy (non-hydrogen) atoms. The van der Waals surface area contributed by atoms with Crippen molar-refractivity contribution in [2.24, 2.45) is 13.0 Å². The molecule has 180 valence electrons. The van der Waals surface area contributed by atoms with Gasteiger partial charge in [-0.25, -0.2) is 13.2 Å². The number of hydrogen-bond acceptors (Lipinski definition) is 5. The Morgan fingerprint density at radius 1 is 1.00 bits per heavy atom. The Hall–Kier alpha value is -1.87. The van der Waals surface area contributed by atoms with Gasteiger partial charge in [-0.15, -0.1) is 0 Å². The number of carbonyl (C=O) groups excluding carboxylic acids is 2. The van der Waals surface area contributed by atoms with Gasteiger partial charge in [-0.1, -0.05) is 25.7 Å². The van der Waals surface area contributed by atoms with Gasteiger partial charge in [-0.05, 0) is 46.5 Å². The lowest BCUT2D eigenvalue weighted by molar-refractivity contribution is -0.126. The highest BCUT2D eigenvalue weighted by atomic mass is 32.2. The van der Waals surface area contributed by atoms with Crippen LogP contribution in [0.2, 0.25) is 0 Å². The molecule has 1 aliphatic carbocycles. The van der Waals surface area contributed by atoms with Crippen molar-refractivity contribution in [2.45, 2.75) is 83.1 Å². The van der Waals surface area contributed by atoms with Gasteiger partial charge in [0.2, 0.25) is 15.9 Å². The maximum atomic E-state index is 13.5. The number of ether oxygens (including phenoxy) is 1. The predicted octanol–water partition coefficient (Wildman–Crippen LogP) is 3.06. The molecule has 2 heterocycles. The fraction of sp³-hybridized carbons (Fsp3) is 0.739. The van der Waals surface area contributed by atoms with Crippen molar-refractivity contribution in [3.8, 4) is 0 Å². The summed E-state index contributed by atoms with van der Waals surface area (Å²) in [6.07, 6.45) is 7.80. The molecule has 1 aliphatic heterocycles. The first-order valence-electron chi connectivity index (χ1n) is 11.8. The Bertz CT molecular complexity index is 937. The minimum absolute atomic E-state index is 0.0253. The largest absolute Gasteiger partial charge is 0.462 e. The number of amides is 1. The fourth-order valence-electron chi connectivity index (χ4n) is 4.91. The van der Waals surface area contributed by atoms with Crippen LogP contribution >= 0.6 is 0 Å². The first-order chi connectivity index (χ1) is 15.2. The predicted molar refractivity (Wildman–Crippen MR) is 122 cm³/mol. The third kappa shape index (κ3) is 5.03.